The molecule has 9 nitrogen and oxygen atoms in total. The Morgan fingerprint density at radius 2 is 1.86 bits per heavy atom. The number of halogens is 3. The van der Waals surface area contributed by atoms with Crippen LogP contribution in [0.2, 0.25) is 0 Å². The lowest BCUT2D eigenvalue weighted by Gasteiger charge is -2.21. The number of aromatic nitrogens is 4. The SMILES string of the molecule is Cc1ccc([C@H](CNc2ncc3n(c2=O)[C@H](C(=O)NCc2ccc(N)nc2C)CC3)c2ccccn2)c(C)c1.Cl.Cl.Cl. The second kappa shape index (κ2) is 15.0. The Hall–Kier alpha value is -3.66. The fourth-order valence-electron chi connectivity index (χ4n) is 5.28. The molecule has 1 aromatic carbocycles. The highest BCUT2D eigenvalue weighted by atomic mass is 35.5. The molecule has 0 spiro atoms. The molecule has 1 aliphatic heterocycles. The van der Waals surface area contributed by atoms with Crippen LogP contribution in [0.25, 0.3) is 0 Å². The molecule has 0 radical (unpaired) electrons. The van der Waals surface area contributed by atoms with Crippen molar-refractivity contribution in [2.24, 2.45) is 0 Å². The van der Waals surface area contributed by atoms with Gasteiger partial charge in [0, 0.05) is 48.5 Å². The Balaban J connectivity index is 0.00000205. The fraction of sp³-hybridized carbons (Fsp3) is 0.300. The van der Waals surface area contributed by atoms with E-state index >= 15 is 0 Å². The summed E-state index contributed by atoms with van der Waals surface area (Å²) in [6.07, 6.45) is 4.63. The highest BCUT2D eigenvalue weighted by molar-refractivity contribution is 5.86. The van der Waals surface area contributed by atoms with E-state index in [0.29, 0.717) is 31.7 Å². The number of anilines is 2. The Bertz CT molecular complexity index is 1580. The van der Waals surface area contributed by atoms with Crippen LogP contribution in [0.15, 0.2) is 65.7 Å². The number of carbonyl (C=O) groups is 1. The summed E-state index contributed by atoms with van der Waals surface area (Å²) in [7, 11) is 0. The summed E-state index contributed by atoms with van der Waals surface area (Å²) in [4.78, 5) is 40.0. The van der Waals surface area contributed by atoms with Gasteiger partial charge in [0.1, 0.15) is 11.9 Å². The van der Waals surface area contributed by atoms with Gasteiger partial charge in [0.15, 0.2) is 5.82 Å². The number of carbonyl (C=O) groups excluding carboxylic acids is 1. The molecule has 1 amide bonds. The lowest BCUT2D eigenvalue weighted by molar-refractivity contribution is -0.124. The van der Waals surface area contributed by atoms with Crippen molar-refractivity contribution in [1.29, 1.82) is 0 Å². The molecule has 0 saturated carbocycles. The molecule has 0 saturated heterocycles. The number of nitrogens with two attached hydrogens (primary N) is 1. The largest absolute Gasteiger partial charge is 0.384 e. The number of nitrogens with one attached hydrogen (secondary N) is 2. The van der Waals surface area contributed by atoms with Gasteiger partial charge in [-0.25, -0.2) is 9.97 Å². The van der Waals surface area contributed by atoms with Crippen LogP contribution in [0.1, 0.15) is 57.7 Å². The molecule has 1 aliphatic rings. The zero-order chi connectivity index (χ0) is 27.5. The first kappa shape index (κ1) is 34.5. The molecule has 0 fully saturated rings. The number of hydrogen-bond acceptors (Lipinski definition) is 7. The second-order valence-corrected chi connectivity index (χ2v) is 10.1. The first-order valence-corrected chi connectivity index (χ1v) is 13.1. The summed E-state index contributed by atoms with van der Waals surface area (Å²) in [6.45, 7) is 6.76. The minimum Gasteiger partial charge on any atom is -0.384 e. The lowest BCUT2D eigenvalue weighted by Crippen LogP contribution is -2.36. The standard InChI is InChI=1S/C30H33N7O2.3ClH/c1-18-7-10-23(19(2)14-18)24(25-6-4-5-13-32-25)17-34-28-30(39)37-22(16-33-28)9-11-26(37)29(38)35-15-21-8-12-27(31)36-20(21)3;;;/h4-8,10,12-14,16,24,26H,9,11,15,17H2,1-3H3,(H2,31,36)(H,33,34)(H,35,38);3*1H/t24-,26-;;;/m0.../s1. The Morgan fingerprint density at radius 3 is 2.55 bits per heavy atom. The van der Waals surface area contributed by atoms with Crippen molar-refractivity contribution in [1.82, 2.24) is 24.8 Å². The van der Waals surface area contributed by atoms with E-state index in [0.717, 1.165) is 33.8 Å². The predicted molar refractivity (Wildman–Crippen MR) is 173 cm³/mol. The fourth-order valence-corrected chi connectivity index (χ4v) is 5.28. The van der Waals surface area contributed by atoms with E-state index < -0.39 is 6.04 Å². The van der Waals surface area contributed by atoms with Gasteiger partial charge in [-0.1, -0.05) is 35.9 Å². The lowest BCUT2D eigenvalue weighted by atomic mass is 9.90. The third-order valence-corrected chi connectivity index (χ3v) is 7.35. The molecule has 4 heterocycles. The van der Waals surface area contributed by atoms with E-state index in [1.807, 2.05) is 31.2 Å². The van der Waals surface area contributed by atoms with Crippen LogP contribution in [0.3, 0.4) is 0 Å². The molecule has 42 heavy (non-hydrogen) atoms. The van der Waals surface area contributed by atoms with E-state index in [1.165, 1.54) is 5.56 Å². The number of fused-ring (bicyclic) bond motifs is 1. The number of hydrogen-bond donors (Lipinski definition) is 3. The van der Waals surface area contributed by atoms with Gasteiger partial charge in [0.2, 0.25) is 5.91 Å². The van der Waals surface area contributed by atoms with Gasteiger partial charge in [-0.15, -0.1) is 37.2 Å². The summed E-state index contributed by atoms with van der Waals surface area (Å²) in [5.41, 5.74) is 12.2. The van der Waals surface area contributed by atoms with E-state index in [9.17, 15) is 9.59 Å². The van der Waals surface area contributed by atoms with E-state index in [-0.39, 0.29) is 60.4 Å². The third-order valence-electron chi connectivity index (χ3n) is 7.35. The maximum atomic E-state index is 13.6. The number of aryl methyl sites for hydroxylation is 4. The molecule has 0 unspecified atom stereocenters. The van der Waals surface area contributed by atoms with Crippen molar-refractivity contribution < 1.29 is 4.79 Å². The summed E-state index contributed by atoms with van der Waals surface area (Å²) >= 11 is 0. The van der Waals surface area contributed by atoms with E-state index in [4.69, 9.17) is 5.73 Å². The van der Waals surface area contributed by atoms with Crippen molar-refractivity contribution in [3.05, 3.63) is 111 Å². The summed E-state index contributed by atoms with van der Waals surface area (Å²) in [5.74, 6) is 0.380. The second-order valence-electron chi connectivity index (χ2n) is 10.1. The maximum Gasteiger partial charge on any atom is 0.294 e. The van der Waals surface area contributed by atoms with Gasteiger partial charge in [-0.2, -0.15) is 0 Å². The van der Waals surface area contributed by atoms with Gasteiger partial charge in [0.05, 0.1) is 0 Å². The number of pyridine rings is 2. The number of nitrogens with zero attached hydrogens (tertiary/aromatic N) is 4. The molecule has 0 bridgehead atoms. The van der Waals surface area contributed by atoms with Crippen LogP contribution in [-0.4, -0.2) is 32.0 Å². The quantitative estimate of drug-likeness (QED) is 0.253. The highest BCUT2D eigenvalue weighted by Crippen LogP contribution is 2.28. The number of nitrogen functional groups attached to an aromatic ring is 1. The number of amides is 1. The minimum atomic E-state index is -0.593. The van der Waals surface area contributed by atoms with Gasteiger partial charge in [0.25, 0.3) is 5.56 Å². The number of rotatable bonds is 8. The average Bonchev–Trinajstić information content (AvgIpc) is 3.36. The zero-order valence-corrected chi connectivity index (χ0v) is 26.1. The average molecular weight is 633 g/mol. The predicted octanol–water partition coefficient (Wildman–Crippen LogP) is 4.85. The molecule has 12 heteroatoms. The minimum absolute atomic E-state index is 0. The van der Waals surface area contributed by atoms with Gasteiger partial charge in [-0.3, -0.25) is 19.1 Å². The highest BCUT2D eigenvalue weighted by Gasteiger charge is 2.31. The topological polar surface area (TPSA) is 128 Å². The van der Waals surface area contributed by atoms with Crippen LogP contribution in [0.5, 0.6) is 0 Å². The molecule has 4 aromatic rings. The molecule has 224 valence electrons. The molecule has 3 aromatic heterocycles. The van der Waals surface area contributed by atoms with Crippen molar-refractivity contribution in [3.63, 3.8) is 0 Å². The Kier molecular flexibility index (Phi) is 12.3. The van der Waals surface area contributed by atoms with Crippen LogP contribution < -0.4 is 21.9 Å². The summed E-state index contributed by atoms with van der Waals surface area (Å²) in [5, 5.41) is 6.24. The normalized spacial score (nSPS) is 13.9. The van der Waals surface area contributed by atoms with Crippen molar-refractivity contribution >= 4 is 54.8 Å². The van der Waals surface area contributed by atoms with Crippen LogP contribution in [0.4, 0.5) is 11.6 Å². The molecular weight excluding hydrogens is 597 g/mol. The summed E-state index contributed by atoms with van der Waals surface area (Å²) in [6, 6.07) is 15.2. The molecular formula is C30H36Cl3N7O2. The van der Waals surface area contributed by atoms with Crippen molar-refractivity contribution in [2.75, 3.05) is 17.6 Å². The van der Waals surface area contributed by atoms with Crippen LogP contribution in [0, 0.1) is 20.8 Å². The number of benzene rings is 1. The maximum absolute atomic E-state index is 13.6. The monoisotopic (exact) mass is 631 g/mol. The first-order chi connectivity index (χ1) is 18.8. The third kappa shape index (κ3) is 7.40. The van der Waals surface area contributed by atoms with Gasteiger partial charge < -0.3 is 16.4 Å². The first-order valence-electron chi connectivity index (χ1n) is 13.1. The van der Waals surface area contributed by atoms with Gasteiger partial charge in [-0.05, 0) is 68.5 Å². The smallest absolute Gasteiger partial charge is 0.294 e. The van der Waals surface area contributed by atoms with Crippen molar-refractivity contribution in [2.45, 2.75) is 52.1 Å². The molecule has 2 atom stereocenters. The Morgan fingerprint density at radius 1 is 1.07 bits per heavy atom. The zero-order valence-electron chi connectivity index (χ0n) is 23.7. The van der Waals surface area contributed by atoms with Crippen LogP contribution >= 0.6 is 37.2 Å². The van der Waals surface area contributed by atoms with Crippen LogP contribution in [-0.2, 0) is 17.8 Å². The molecule has 4 N–H and O–H groups in total. The molecule has 5 rings (SSSR count). The molecule has 0 aliphatic carbocycles. The van der Waals surface area contributed by atoms with Crippen molar-refractivity contribution in [3.8, 4) is 0 Å². The Labute approximate surface area is 264 Å². The van der Waals surface area contributed by atoms with Gasteiger partial charge >= 0.3 is 0 Å². The summed E-state index contributed by atoms with van der Waals surface area (Å²) < 4.78 is 1.58. The van der Waals surface area contributed by atoms with E-state index in [1.54, 1.807) is 23.0 Å². The van der Waals surface area contributed by atoms with E-state index in [2.05, 4.69) is 57.6 Å².